The molecule has 6 heteroatoms. The first-order chi connectivity index (χ1) is 9.40. The van der Waals surface area contributed by atoms with Crippen LogP contribution in [0.2, 0.25) is 0 Å². The Balaban J connectivity index is 2.15. The number of nitrogens with two attached hydrogens (primary N) is 1. The Morgan fingerprint density at radius 2 is 2.20 bits per heavy atom. The number of amides is 1. The van der Waals surface area contributed by atoms with Gasteiger partial charge in [-0.15, -0.1) is 0 Å². The first-order valence-corrected chi connectivity index (χ1v) is 6.24. The fraction of sp³-hybridized carbons (Fsp3) is 0.286. The Labute approximate surface area is 116 Å². The molecule has 1 heterocycles. The topological polar surface area (TPSA) is 72.9 Å². The maximum atomic E-state index is 13.5. The minimum absolute atomic E-state index is 0.288. The van der Waals surface area contributed by atoms with Crippen LogP contribution in [0, 0.1) is 12.7 Å². The van der Waals surface area contributed by atoms with Gasteiger partial charge >= 0.3 is 0 Å². The molecule has 0 fully saturated rings. The lowest BCUT2D eigenvalue weighted by molar-refractivity contribution is 0.0940. The molecule has 106 valence electrons. The second-order valence-electron chi connectivity index (χ2n) is 4.77. The summed E-state index contributed by atoms with van der Waals surface area (Å²) < 4.78 is 14.9. The lowest BCUT2D eigenvalue weighted by Gasteiger charge is -2.14. The van der Waals surface area contributed by atoms with Crippen LogP contribution in [0.4, 0.5) is 10.2 Å². The molecule has 3 N–H and O–H groups in total. The third-order valence-corrected chi connectivity index (χ3v) is 3.27. The van der Waals surface area contributed by atoms with E-state index in [4.69, 9.17) is 5.73 Å². The van der Waals surface area contributed by atoms with Gasteiger partial charge in [0.1, 0.15) is 17.2 Å². The van der Waals surface area contributed by atoms with Gasteiger partial charge in [0, 0.05) is 7.05 Å². The fourth-order valence-corrected chi connectivity index (χ4v) is 1.86. The van der Waals surface area contributed by atoms with Crippen molar-refractivity contribution in [3.05, 3.63) is 46.9 Å². The van der Waals surface area contributed by atoms with E-state index in [0.29, 0.717) is 22.5 Å². The number of aryl methyl sites for hydroxylation is 2. The Bertz CT molecular complexity index is 651. The van der Waals surface area contributed by atoms with Crippen LogP contribution in [-0.4, -0.2) is 15.7 Å². The highest BCUT2D eigenvalue weighted by Crippen LogP contribution is 2.18. The van der Waals surface area contributed by atoms with Gasteiger partial charge in [0.25, 0.3) is 5.91 Å². The third kappa shape index (κ3) is 2.64. The lowest BCUT2D eigenvalue weighted by Crippen LogP contribution is -2.27. The Hall–Kier alpha value is -2.37. The summed E-state index contributed by atoms with van der Waals surface area (Å²) in [6, 6.07) is 4.58. The summed E-state index contributed by atoms with van der Waals surface area (Å²) in [6.45, 7) is 3.48. The monoisotopic (exact) mass is 276 g/mol. The average Bonchev–Trinajstić information content (AvgIpc) is 2.73. The molecular weight excluding hydrogens is 259 g/mol. The number of halogens is 1. The second-order valence-corrected chi connectivity index (χ2v) is 4.77. The van der Waals surface area contributed by atoms with Gasteiger partial charge in [0.2, 0.25) is 0 Å². The molecule has 0 spiro atoms. The molecule has 0 aliphatic carbocycles. The predicted octanol–water partition coefficient (Wildman–Crippen LogP) is 1.94. The summed E-state index contributed by atoms with van der Waals surface area (Å²) in [5.74, 6) is -0.321. The van der Waals surface area contributed by atoms with E-state index in [1.54, 1.807) is 33.0 Å². The van der Waals surface area contributed by atoms with Gasteiger partial charge in [-0.2, -0.15) is 5.10 Å². The highest BCUT2D eigenvalue weighted by molar-refractivity contribution is 5.98. The number of hydrogen-bond donors (Lipinski definition) is 2. The van der Waals surface area contributed by atoms with Crippen LogP contribution in [0.3, 0.4) is 0 Å². The quantitative estimate of drug-likeness (QED) is 0.899. The zero-order valence-corrected chi connectivity index (χ0v) is 11.6. The van der Waals surface area contributed by atoms with Gasteiger partial charge in [-0.25, -0.2) is 4.39 Å². The lowest BCUT2D eigenvalue weighted by atomic mass is 10.1. The van der Waals surface area contributed by atoms with Crippen molar-refractivity contribution < 1.29 is 9.18 Å². The number of nitrogens with zero attached hydrogens (tertiary/aromatic N) is 2. The molecule has 1 unspecified atom stereocenters. The van der Waals surface area contributed by atoms with Crippen LogP contribution in [0.25, 0.3) is 0 Å². The summed E-state index contributed by atoms with van der Waals surface area (Å²) in [6.07, 6.45) is 1.41. The van der Waals surface area contributed by atoms with Crippen molar-refractivity contribution in [3.63, 3.8) is 0 Å². The van der Waals surface area contributed by atoms with E-state index in [9.17, 15) is 9.18 Å². The molecule has 20 heavy (non-hydrogen) atoms. The Morgan fingerprint density at radius 3 is 2.75 bits per heavy atom. The van der Waals surface area contributed by atoms with Crippen molar-refractivity contribution in [1.29, 1.82) is 0 Å². The van der Waals surface area contributed by atoms with Gasteiger partial charge < -0.3 is 11.1 Å². The van der Waals surface area contributed by atoms with Crippen molar-refractivity contribution in [1.82, 2.24) is 15.1 Å². The molecule has 0 saturated heterocycles. The molecule has 0 radical (unpaired) electrons. The number of anilines is 1. The standard InChI is InChI=1S/C14H17FN4O/c1-8-4-5-10(6-12(8)15)9(2)18-14(20)11-7-17-19(3)13(11)16/h4-7,9H,16H2,1-3H3,(H,18,20). The van der Waals surface area contributed by atoms with Crippen LogP contribution >= 0.6 is 0 Å². The first-order valence-electron chi connectivity index (χ1n) is 6.24. The van der Waals surface area contributed by atoms with Crippen molar-refractivity contribution >= 4 is 11.7 Å². The number of hydrogen-bond acceptors (Lipinski definition) is 3. The number of rotatable bonds is 3. The minimum Gasteiger partial charge on any atom is -0.383 e. The summed E-state index contributed by atoms with van der Waals surface area (Å²) in [5, 5.41) is 6.69. The van der Waals surface area contributed by atoms with E-state index >= 15 is 0 Å². The minimum atomic E-state index is -0.330. The van der Waals surface area contributed by atoms with E-state index < -0.39 is 0 Å². The maximum Gasteiger partial charge on any atom is 0.257 e. The van der Waals surface area contributed by atoms with Gasteiger partial charge in [-0.3, -0.25) is 9.48 Å². The number of nitrogens with one attached hydrogen (secondary N) is 1. The number of carbonyl (C=O) groups is 1. The number of nitrogen functional groups attached to an aromatic ring is 1. The smallest absolute Gasteiger partial charge is 0.257 e. The van der Waals surface area contributed by atoms with Gasteiger partial charge in [0.05, 0.1) is 12.2 Å². The normalized spacial score (nSPS) is 12.2. The molecule has 0 aliphatic rings. The van der Waals surface area contributed by atoms with E-state index in [0.717, 1.165) is 0 Å². The summed E-state index contributed by atoms with van der Waals surface area (Å²) in [4.78, 5) is 12.1. The number of benzene rings is 1. The molecule has 1 aromatic carbocycles. The molecule has 0 aliphatic heterocycles. The molecule has 0 saturated carbocycles. The van der Waals surface area contributed by atoms with E-state index in [1.807, 2.05) is 0 Å². The third-order valence-electron chi connectivity index (χ3n) is 3.27. The molecule has 5 nitrogen and oxygen atoms in total. The Kier molecular flexibility index (Phi) is 3.74. The van der Waals surface area contributed by atoms with Crippen LogP contribution in [-0.2, 0) is 7.05 Å². The van der Waals surface area contributed by atoms with Crippen molar-refractivity contribution in [2.45, 2.75) is 19.9 Å². The average molecular weight is 276 g/mol. The molecule has 2 rings (SSSR count). The van der Waals surface area contributed by atoms with E-state index in [2.05, 4.69) is 10.4 Å². The molecule has 0 bridgehead atoms. The van der Waals surface area contributed by atoms with Gasteiger partial charge in [0.15, 0.2) is 0 Å². The van der Waals surface area contributed by atoms with Crippen LogP contribution in [0.15, 0.2) is 24.4 Å². The molecule has 2 aromatic rings. The molecular formula is C14H17FN4O. The van der Waals surface area contributed by atoms with Crippen molar-refractivity contribution in [2.75, 3.05) is 5.73 Å². The molecule has 1 aromatic heterocycles. The second kappa shape index (κ2) is 5.32. The highest BCUT2D eigenvalue weighted by atomic mass is 19.1. The van der Waals surface area contributed by atoms with Crippen molar-refractivity contribution in [3.8, 4) is 0 Å². The van der Waals surface area contributed by atoms with Crippen LogP contribution in [0.5, 0.6) is 0 Å². The SMILES string of the molecule is Cc1ccc(C(C)NC(=O)c2cnn(C)c2N)cc1F. The molecule has 1 amide bonds. The number of carbonyl (C=O) groups excluding carboxylic acids is 1. The molecule has 1 atom stereocenters. The summed E-state index contributed by atoms with van der Waals surface area (Å²) >= 11 is 0. The van der Waals surface area contributed by atoms with Gasteiger partial charge in [-0.1, -0.05) is 12.1 Å². The summed E-state index contributed by atoms with van der Waals surface area (Å²) in [7, 11) is 1.66. The number of aromatic nitrogens is 2. The summed E-state index contributed by atoms with van der Waals surface area (Å²) in [5.41, 5.74) is 7.32. The van der Waals surface area contributed by atoms with E-state index in [1.165, 1.54) is 16.9 Å². The zero-order chi connectivity index (χ0) is 14.9. The fourth-order valence-electron chi connectivity index (χ4n) is 1.86. The highest BCUT2D eigenvalue weighted by Gasteiger charge is 2.17. The largest absolute Gasteiger partial charge is 0.383 e. The van der Waals surface area contributed by atoms with Crippen LogP contribution in [0.1, 0.15) is 34.5 Å². The van der Waals surface area contributed by atoms with Gasteiger partial charge in [-0.05, 0) is 31.0 Å². The zero-order valence-electron chi connectivity index (χ0n) is 11.6. The predicted molar refractivity (Wildman–Crippen MR) is 74.6 cm³/mol. The Morgan fingerprint density at radius 1 is 1.50 bits per heavy atom. The van der Waals surface area contributed by atoms with Crippen LogP contribution < -0.4 is 11.1 Å². The maximum absolute atomic E-state index is 13.5. The van der Waals surface area contributed by atoms with Crippen molar-refractivity contribution in [2.24, 2.45) is 7.05 Å². The first kappa shape index (κ1) is 14.0. The van der Waals surface area contributed by atoms with E-state index in [-0.39, 0.29) is 17.8 Å².